The van der Waals surface area contributed by atoms with E-state index in [1.165, 1.54) is 0 Å². The van der Waals surface area contributed by atoms with E-state index in [4.69, 9.17) is 0 Å². The number of imide groups is 1. The molecule has 0 spiro atoms. The zero-order valence-electron chi connectivity index (χ0n) is 11.7. The van der Waals surface area contributed by atoms with Crippen LogP contribution in [0.2, 0.25) is 0 Å². The lowest BCUT2D eigenvalue weighted by molar-refractivity contribution is -0.119. The quantitative estimate of drug-likeness (QED) is 0.705. The summed E-state index contributed by atoms with van der Waals surface area (Å²) in [6.07, 6.45) is 2.10. The topological polar surface area (TPSA) is 87.3 Å². The predicted molar refractivity (Wildman–Crippen MR) is 77.1 cm³/mol. The fraction of sp³-hybridized carbons (Fsp3) is 0.400. The van der Waals surface area contributed by atoms with Gasteiger partial charge in [0.1, 0.15) is 0 Å². The zero-order valence-corrected chi connectivity index (χ0v) is 11.7. The van der Waals surface area contributed by atoms with Gasteiger partial charge in [-0.2, -0.15) is 0 Å². The van der Waals surface area contributed by atoms with E-state index in [2.05, 4.69) is 16.0 Å². The lowest BCUT2D eigenvalue weighted by Gasteiger charge is -2.28. The molecule has 21 heavy (non-hydrogen) atoms. The molecule has 6 heteroatoms. The molecule has 2 heterocycles. The Bertz CT molecular complexity index is 627. The third-order valence-corrected chi connectivity index (χ3v) is 4.06. The van der Waals surface area contributed by atoms with Crippen molar-refractivity contribution in [3.05, 3.63) is 29.3 Å². The molecule has 1 aromatic carbocycles. The summed E-state index contributed by atoms with van der Waals surface area (Å²) in [5.74, 6) is -0.643. The van der Waals surface area contributed by atoms with Crippen molar-refractivity contribution < 1.29 is 14.4 Å². The molecule has 1 saturated heterocycles. The maximum Gasteiger partial charge on any atom is 0.259 e. The SMILES string of the molecule is CC1CCCNC1C(=O)Nc1ccc2c(c1)C(=O)NC2=O. The van der Waals surface area contributed by atoms with E-state index in [0.717, 1.165) is 19.4 Å². The molecule has 3 amide bonds. The summed E-state index contributed by atoms with van der Waals surface area (Å²) in [4.78, 5) is 35.4. The molecule has 3 rings (SSSR count). The smallest absolute Gasteiger partial charge is 0.259 e. The van der Waals surface area contributed by atoms with Gasteiger partial charge in [0, 0.05) is 5.69 Å². The van der Waals surface area contributed by atoms with Gasteiger partial charge >= 0.3 is 0 Å². The van der Waals surface area contributed by atoms with Gasteiger partial charge in [0.2, 0.25) is 5.91 Å². The molecule has 0 bridgehead atoms. The van der Waals surface area contributed by atoms with Crippen LogP contribution in [-0.2, 0) is 4.79 Å². The fourth-order valence-electron chi connectivity index (χ4n) is 2.87. The Hall–Kier alpha value is -2.21. The van der Waals surface area contributed by atoms with Gasteiger partial charge in [-0.1, -0.05) is 6.92 Å². The van der Waals surface area contributed by atoms with Crippen LogP contribution in [0.3, 0.4) is 0 Å². The minimum Gasteiger partial charge on any atom is -0.325 e. The monoisotopic (exact) mass is 287 g/mol. The highest BCUT2D eigenvalue weighted by Gasteiger charge is 2.29. The molecule has 0 radical (unpaired) electrons. The van der Waals surface area contributed by atoms with Crippen molar-refractivity contribution in [3.8, 4) is 0 Å². The number of nitrogens with one attached hydrogen (secondary N) is 3. The summed E-state index contributed by atoms with van der Waals surface area (Å²) in [6, 6.07) is 4.52. The van der Waals surface area contributed by atoms with Crippen LogP contribution in [-0.4, -0.2) is 30.3 Å². The Morgan fingerprint density at radius 2 is 2.00 bits per heavy atom. The number of benzene rings is 1. The summed E-state index contributed by atoms with van der Waals surface area (Å²) in [7, 11) is 0. The fourth-order valence-corrected chi connectivity index (χ4v) is 2.87. The van der Waals surface area contributed by atoms with Crippen LogP contribution in [0.1, 0.15) is 40.5 Å². The Morgan fingerprint density at radius 1 is 1.24 bits per heavy atom. The number of fused-ring (bicyclic) bond motifs is 1. The second-order valence-electron chi connectivity index (χ2n) is 5.58. The average Bonchev–Trinajstić information content (AvgIpc) is 2.74. The zero-order chi connectivity index (χ0) is 15.0. The standard InChI is InChI=1S/C15H17N3O3/c1-8-3-2-6-16-12(8)15(21)17-9-4-5-10-11(7-9)14(20)18-13(10)19/h4-5,7-8,12,16H,2-3,6H2,1H3,(H,17,21)(H,18,19,20). The van der Waals surface area contributed by atoms with Crippen molar-refractivity contribution in [1.82, 2.24) is 10.6 Å². The third-order valence-electron chi connectivity index (χ3n) is 4.06. The molecule has 0 saturated carbocycles. The Morgan fingerprint density at radius 3 is 2.76 bits per heavy atom. The highest BCUT2D eigenvalue weighted by molar-refractivity contribution is 6.22. The van der Waals surface area contributed by atoms with Crippen molar-refractivity contribution in [2.45, 2.75) is 25.8 Å². The molecule has 6 nitrogen and oxygen atoms in total. The summed E-state index contributed by atoms with van der Waals surface area (Å²) in [5, 5.41) is 8.26. The van der Waals surface area contributed by atoms with Gasteiger partial charge < -0.3 is 10.6 Å². The summed E-state index contributed by atoms with van der Waals surface area (Å²) in [5.41, 5.74) is 1.19. The predicted octanol–water partition coefficient (Wildman–Crippen LogP) is 0.897. The molecule has 3 N–H and O–H groups in total. The molecule has 2 atom stereocenters. The van der Waals surface area contributed by atoms with Gasteiger partial charge in [-0.3, -0.25) is 19.7 Å². The molecule has 2 aliphatic heterocycles. The molecule has 1 fully saturated rings. The van der Waals surface area contributed by atoms with Crippen LogP contribution in [0.4, 0.5) is 5.69 Å². The maximum absolute atomic E-state index is 12.3. The van der Waals surface area contributed by atoms with Crippen molar-refractivity contribution >= 4 is 23.4 Å². The molecule has 0 aliphatic carbocycles. The summed E-state index contributed by atoms with van der Waals surface area (Å²) in [6.45, 7) is 2.88. The van der Waals surface area contributed by atoms with Crippen LogP contribution in [0, 0.1) is 5.92 Å². The first kappa shape index (κ1) is 13.8. The first-order chi connectivity index (χ1) is 10.1. The van der Waals surface area contributed by atoms with Crippen LogP contribution in [0.25, 0.3) is 0 Å². The van der Waals surface area contributed by atoms with E-state index in [-0.39, 0.29) is 17.9 Å². The Balaban J connectivity index is 1.76. The molecule has 1 aromatic rings. The summed E-state index contributed by atoms with van der Waals surface area (Å²) >= 11 is 0. The normalized spacial score (nSPS) is 24.4. The van der Waals surface area contributed by atoms with Crippen LogP contribution in [0.15, 0.2) is 18.2 Å². The highest BCUT2D eigenvalue weighted by Crippen LogP contribution is 2.22. The first-order valence-corrected chi connectivity index (χ1v) is 7.10. The van der Waals surface area contributed by atoms with E-state index in [1.807, 2.05) is 6.92 Å². The largest absolute Gasteiger partial charge is 0.325 e. The minimum absolute atomic E-state index is 0.105. The van der Waals surface area contributed by atoms with Gasteiger partial charge in [-0.05, 0) is 43.5 Å². The van der Waals surface area contributed by atoms with Gasteiger partial charge in [0.05, 0.1) is 17.2 Å². The highest BCUT2D eigenvalue weighted by atomic mass is 16.2. The maximum atomic E-state index is 12.3. The van der Waals surface area contributed by atoms with Gasteiger partial charge in [0.15, 0.2) is 0 Å². The van der Waals surface area contributed by atoms with Gasteiger partial charge in [-0.15, -0.1) is 0 Å². The van der Waals surface area contributed by atoms with Crippen LogP contribution >= 0.6 is 0 Å². The minimum atomic E-state index is -0.421. The van der Waals surface area contributed by atoms with E-state index < -0.39 is 11.8 Å². The number of rotatable bonds is 2. The lowest BCUT2D eigenvalue weighted by atomic mass is 9.92. The number of carbonyl (C=O) groups excluding carboxylic acids is 3. The molecule has 110 valence electrons. The summed E-state index contributed by atoms with van der Waals surface area (Å²) < 4.78 is 0. The van der Waals surface area contributed by atoms with Crippen molar-refractivity contribution in [2.24, 2.45) is 5.92 Å². The second-order valence-corrected chi connectivity index (χ2v) is 5.58. The number of carbonyl (C=O) groups is 3. The van der Waals surface area contributed by atoms with Crippen molar-refractivity contribution in [1.29, 1.82) is 0 Å². The van der Waals surface area contributed by atoms with E-state index in [9.17, 15) is 14.4 Å². The van der Waals surface area contributed by atoms with E-state index >= 15 is 0 Å². The number of anilines is 1. The lowest BCUT2D eigenvalue weighted by Crippen LogP contribution is -2.48. The van der Waals surface area contributed by atoms with E-state index in [1.54, 1.807) is 18.2 Å². The Labute approximate surface area is 122 Å². The van der Waals surface area contributed by atoms with Crippen LogP contribution < -0.4 is 16.0 Å². The van der Waals surface area contributed by atoms with Gasteiger partial charge in [-0.25, -0.2) is 0 Å². The van der Waals surface area contributed by atoms with Gasteiger partial charge in [0.25, 0.3) is 11.8 Å². The first-order valence-electron chi connectivity index (χ1n) is 7.10. The number of amides is 3. The van der Waals surface area contributed by atoms with E-state index in [0.29, 0.717) is 16.8 Å². The molecule has 0 aromatic heterocycles. The van der Waals surface area contributed by atoms with Crippen molar-refractivity contribution in [2.75, 3.05) is 11.9 Å². The second kappa shape index (κ2) is 5.29. The Kier molecular flexibility index (Phi) is 3.47. The molecular weight excluding hydrogens is 270 g/mol. The van der Waals surface area contributed by atoms with Crippen LogP contribution in [0.5, 0.6) is 0 Å². The molecule has 2 aliphatic rings. The third kappa shape index (κ3) is 2.54. The number of hydrogen-bond donors (Lipinski definition) is 3. The average molecular weight is 287 g/mol. The number of hydrogen-bond acceptors (Lipinski definition) is 4. The number of piperidine rings is 1. The molecule has 2 unspecified atom stereocenters. The van der Waals surface area contributed by atoms with Crippen molar-refractivity contribution in [3.63, 3.8) is 0 Å². The molecular formula is C15H17N3O3.